The molecule has 0 unspecified atom stereocenters. The van der Waals surface area contributed by atoms with Crippen molar-refractivity contribution in [1.82, 2.24) is 4.98 Å². The van der Waals surface area contributed by atoms with Crippen LogP contribution in [-0.2, 0) is 16.1 Å². The van der Waals surface area contributed by atoms with Gasteiger partial charge >= 0.3 is 0 Å². The van der Waals surface area contributed by atoms with Crippen LogP contribution in [0.15, 0.2) is 41.9 Å². The summed E-state index contributed by atoms with van der Waals surface area (Å²) >= 11 is 1.50. The van der Waals surface area contributed by atoms with Crippen LogP contribution in [0.2, 0.25) is 0 Å². The Morgan fingerprint density at radius 3 is 3.00 bits per heavy atom. The van der Waals surface area contributed by atoms with E-state index in [2.05, 4.69) is 10.3 Å². The minimum atomic E-state index is -0.157. The third-order valence-corrected chi connectivity index (χ3v) is 4.80. The van der Waals surface area contributed by atoms with E-state index in [0.717, 1.165) is 29.1 Å². The number of hydrogen-bond acceptors (Lipinski definition) is 4. The highest BCUT2D eigenvalue weighted by molar-refractivity contribution is 7.10. The van der Waals surface area contributed by atoms with E-state index in [1.54, 1.807) is 12.3 Å². The second kappa shape index (κ2) is 8.76. The second-order valence-corrected chi connectivity index (χ2v) is 6.89. The van der Waals surface area contributed by atoms with Gasteiger partial charge in [-0.1, -0.05) is 31.4 Å². The largest absolute Gasteiger partial charge is 0.374 e. The van der Waals surface area contributed by atoms with Gasteiger partial charge in [0.1, 0.15) is 5.01 Å². The lowest BCUT2D eigenvalue weighted by atomic mass is 9.98. The smallest absolute Gasteiger partial charge is 0.248 e. The van der Waals surface area contributed by atoms with E-state index >= 15 is 0 Å². The number of carbonyl (C=O) groups is 1. The number of ether oxygens (including phenoxy) is 1. The number of benzene rings is 1. The predicted octanol–water partition coefficient (Wildman–Crippen LogP) is 4.64. The molecule has 0 aliphatic heterocycles. The van der Waals surface area contributed by atoms with Gasteiger partial charge in [0.2, 0.25) is 5.91 Å². The maximum atomic E-state index is 12.0. The van der Waals surface area contributed by atoms with E-state index in [0.29, 0.717) is 12.7 Å². The molecule has 126 valence electrons. The summed E-state index contributed by atoms with van der Waals surface area (Å²) < 4.78 is 5.99. The van der Waals surface area contributed by atoms with Gasteiger partial charge in [-0.05, 0) is 36.6 Å². The monoisotopic (exact) mass is 342 g/mol. The summed E-state index contributed by atoms with van der Waals surface area (Å²) in [6, 6.07) is 7.83. The molecule has 0 atom stereocenters. The Morgan fingerprint density at radius 2 is 2.21 bits per heavy atom. The first-order chi connectivity index (χ1) is 11.8. The number of nitrogens with one attached hydrogen (secondary N) is 1. The molecule has 0 radical (unpaired) electrons. The first kappa shape index (κ1) is 16.9. The summed E-state index contributed by atoms with van der Waals surface area (Å²) in [6.45, 7) is 0.601. The van der Waals surface area contributed by atoms with Crippen molar-refractivity contribution in [3.05, 3.63) is 52.5 Å². The Hall–Kier alpha value is -1.98. The molecule has 0 spiro atoms. The number of nitrogens with zero attached hydrogens (tertiary/aromatic N) is 1. The minimum absolute atomic E-state index is 0.157. The Morgan fingerprint density at radius 1 is 1.33 bits per heavy atom. The molecule has 1 N–H and O–H groups in total. The average molecular weight is 342 g/mol. The second-order valence-electron chi connectivity index (χ2n) is 5.96. The van der Waals surface area contributed by atoms with Gasteiger partial charge in [-0.3, -0.25) is 4.79 Å². The Balaban J connectivity index is 1.51. The van der Waals surface area contributed by atoms with Gasteiger partial charge in [0.05, 0.1) is 12.7 Å². The number of carbonyl (C=O) groups excluding carboxylic acids is 1. The lowest BCUT2D eigenvalue weighted by Crippen LogP contribution is -2.16. The van der Waals surface area contributed by atoms with Gasteiger partial charge in [-0.25, -0.2) is 4.98 Å². The van der Waals surface area contributed by atoms with Crippen molar-refractivity contribution in [3.8, 4) is 0 Å². The van der Waals surface area contributed by atoms with Crippen molar-refractivity contribution in [2.75, 3.05) is 5.32 Å². The minimum Gasteiger partial charge on any atom is -0.374 e. The van der Waals surface area contributed by atoms with Crippen LogP contribution in [0, 0.1) is 0 Å². The molecule has 1 heterocycles. The predicted molar refractivity (Wildman–Crippen MR) is 97.9 cm³/mol. The average Bonchev–Trinajstić information content (AvgIpc) is 3.13. The van der Waals surface area contributed by atoms with E-state index in [9.17, 15) is 4.79 Å². The summed E-state index contributed by atoms with van der Waals surface area (Å²) in [4.78, 5) is 16.1. The van der Waals surface area contributed by atoms with E-state index in [1.807, 2.05) is 29.6 Å². The maximum absolute atomic E-state index is 12.0. The molecule has 4 nitrogen and oxygen atoms in total. The molecule has 1 aliphatic carbocycles. The zero-order chi connectivity index (χ0) is 16.6. The van der Waals surface area contributed by atoms with E-state index < -0.39 is 0 Å². The van der Waals surface area contributed by atoms with Gasteiger partial charge in [-0.15, -0.1) is 11.3 Å². The number of rotatable bonds is 6. The number of hydrogen-bond donors (Lipinski definition) is 1. The highest BCUT2D eigenvalue weighted by atomic mass is 32.1. The van der Waals surface area contributed by atoms with Crippen LogP contribution in [0.25, 0.3) is 6.08 Å². The van der Waals surface area contributed by atoms with Crippen LogP contribution in [0.3, 0.4) is 0 Å². The molecule has 24 heavy (non-hydrogen) atoms. The van der Waals surface area contributed by atoms with Gasteiger partial charge < -0.3 is 10.1 Å². The quantitative estimate of drug-likeness (QED) is 0.778. The van der Waals surface area contributed by atoms with Gasteiger partial charge in [0.25, 0.3) is 0 Å². The third-order valence-electron chi connectivity index (χ3n) is 4.06. The first-order valence-corrected chi connectivity index (χ1v) is 9.27. The molecule has 1 aromatic carbocycles. The fourth-order valence-corrected chi connectivity index (χ4v) is 3.36. The zero-order valence-corrected chi connectivity index (χ0v) is 14.4. The number of anilines is 1. The van der Waals surface area contributed by atoms with Gasteiger partial charge in [0.15, 0.2) is 0 Å². The molecular formula is C19H22N2O2S. The molecule has 5 heteroatoms. The Bertz CT molecular complexity index is 676. The van der Waals surface area contributed by atoms with E-state index in [1.165, 1.54) is 36.7 Å². The van der Waals surface area contributed by atoms with Crippen molar-refractivity contribution in [3.63, 3.8) is 0 Å². The van der Waals surface area contributed by atoms with E-state index in [4.69, 9.17) is 4.74 Å². The van der Waals surface area contributed by atoms with Crippen molar-refractivity contribution in [2.45, 2.75) is 44.8 Å². The van der Waals surface area contributed by atoms with Crippen LogP contribution < -0.4 is 5.32 Å². The summed E-state index contributed by atoms with van der Waals surface area (Å²) in [5.74, 6) is -0.157. The van der Waals surface area contributed by atoms with Gasteiger partial charge in [0, 0.05) is 23.3 Å². The molecule has 0 bridgehead atoms. The SMILES string of the molecule is O=C(/C=C/c1nccs1)Nc1cccc(COC2CCCCC2)c1. The highest BCUT2D eigenvalue weighted by Crippen LogP contribution is 2.22. The molecule has 3 rings (SSSR count). The van der Waals surface area contributed by atoms with Crippen LogP contribution in [0.4, 0.5) is 5.69 Å². The van der Waals surface area contributed by atoms with Crippen molar-refractivity contribution in [1.29, 1.82) is 0 Å². The molecule has 1 saturated carbocycles. The fraction of sp³-hybridized carbons (Fsp3) is 0.368. The Labute approximate surface area is 146 Å². The summed E-state index contributed by atoms with van der Waals surface area (Å²) in [6.07, 6.45) is 11.5. The topological polar surface area (TPSA) is 51.2 Å². The van der Waals surface area contributed by atoms with Gasteiger partial charge in [-0.2, -0.15) is 0 Å². The molecule has 1 aromatic heterocycles. The molecule has 2 aromatic rings. The highest BCUT2D eigenvalue weighted by Gasteiger charge is 2.13. The lowest BCUT2D eigenvalue weighted by Gasteiger charge is -2.22. The molecule has 1 aliphatic rings. The van der Waals surface area contributed by atoms with Crippen molar-refractivity contribution >= 4 is 29.0 Å². The molecule has 1 amide bonds. The maximum Gasteiger partial charge on any atom is 0.248 e. The van der Waals surface area contributed by atoms with E-state index in [-0.39, 0.29) is 5.91 Å². The van der Waals surface area contributed by atoms with Crippen LogP contribution in [0.5, 0.6) is 0 Å². The molecule has 1 fully saturated rings. The standard InChI is InChI=1S/C19H22N2O2S/c22-18(9-10-19-20-11-12-24-19)21-16-6-4-5-15(13-16)14-23-17-7-2-1-3-8-17/h4-6,9-13,17H,1-3,7-8,14H2,(H,21,22)/b10-9+. The summed E-state index contributed by atoms with van der Waals surface area (Å²) in [7, 11) is 0. The first-order valence-electron chi connectivity index (χ1n) is 8.39. The van der Waals surface area contributed by atoms with Crippen LogP contribution >= 0.6 is 11.3 Å². The normalized spacial score (nSPS) is 15.7. The lowest BCUT2D eigenvalue weighted by molar-refractivity contribution is -0.111. The molecular weight excluding hydrogens is 320 g/mol. The number of amides is 1. The van der Waals surface area contributed by atoms with Crippen LogP contribution in [0.1, 0.15) is 42.7 Å². The number of aromatic nitrogens is 1. The fourth-order valence-electron chi connectivity index (χ4n) is 2.83. The number of thiazole rings is 1. The summed E-state index contributed by atoms with van der Waals surface area (Å²) in [5.41, 5.74) is 1.87. The molecule has 0 saturated heterocycles. The van der Waals surface area contributed by atoms with Crippen molar-refractivity contribution in [2.24, 2.45) is 0 Å². The van der Waals surface area contributed by atoms with Crippen LogP contribution in [-0.4, -0.2) is 17.0 Å². The zero-order valence-electron chi connectivity index (χ0n) is 13.6. The Kier molecular flexibility index (Phi) is 6.15. The third kappa shape index (κ3) is 5.28. The van der Waals surface area contributed by atoms with Crippen molar-refractivity contribution < 1.29 is 9.53 Å². The summed E-state index contributed by atoms with van der Waals surface area (Å²) in [5, 5.41) is 5.58.